The van der Waals surface area contributed by atoms with E-state index in [9.17, 15) is 0 Å². The van der Waals surface area contributed by atoms with E-state index in [0.29, 0.717) is 6.54 Å². The smallest absolute Gasteiger partial charge is 0.0838 e. The lowest BCUT2D eigenvalue weighted by molar-refractivity contribution is 0.0330. The number of rotatable bonds is 1. The third-order valence-electron chi connectivity index (χ3n) is 1.20. The molecule has 0 amide bonds. The fourth-order valence-corrected chi connectivity index (χ4v) is 0.714. The van der Waals surface area contributed by atoms with Crippen LogP contribution < -0.4 is 11.1 Å². The average Bonchev–Trinajstić information content (AvgIpc) is 1.90. The fourth-order valence-electron chi connectivity index (χ4n) is 0.714. The van der Waals surface area contributed by atoms with Gasteiger partial charge in [-0.15, -0.1) is 0 Å². The lowest BCUT2D eigenvalue weighted by Gasteiger charge is -2.20. The maximum absolute atomic E-state index is 5.32. The summed E-state index contributed by atoms with van der Waals surface area (Å²) in [7, 11) is 0. The molecule has 3 heteroatoms. The van der Waals surface area contributed by atoms with Crippen LogP contribution in [0.25, 0.3) is 0 Å². The van der Waals surface area contributed by atoms with Crippen LogP contribution in [0.5, 0.6) is 0 Å². The third kappa shape index (κ3) is 1.43. The molecule has 0 aliphatic carbocycles. The fraction of sp³-hybridized carbons (Fsp3) is 1.00. The van der Waals surface area contributed by atoms with Crippen LogP contribution >= 0.6 is 0 Å². The summed E-state index contributed by atoms with van der Waals surface area (Å²) >= 11 is 0. The van der Waals surface area contributed by atoms with Crippen LogP contribution in [0, 0.1) is 0 Å². The van der Waals surface area contributed by atoms with Gasteiger partial charge in [-0.05, 0) is 0 Å². The number of ether oxygens (including phenoxy) is 1. The molecule has 1 aliphatic rings. The summed E-state index contributed by atoms with van der Waals surface area (Å²) in [4.78, 5) is 0. The van der Waals surface area contributed by atoms with Gasteiger partial charge in [0, 0.05) is 19.6 Å². The molecule has 0 aromatic heterocycles. The van der Waals surface area contributed by atoms with Crippen molar-refractivity contribution < 1.29 is 4.74 Å². The Kier molecular flexibility index (Phi) is 2.27. The van der Waals surface area contributed by atoms with E-state index in [1.165, 1.54) is 0 Å². The molecule has 8 heavy (non-hydrogen) atoms. The second-order valence-corrected chi connectivity index (χ2v) is 1.86. The van der Waals surface area contributed by atoms with Crippen molar-refractivity contribution >= 4 is 0 Å². The SMILES string of the molecule is NCC1C[N]CCO1. The highest BCUT2D eigenvalue weighted by atomic mass is 16.5. The van der Waals surface area contributed by atoms with E-state index < -0.39 is 0 Å². The molecule has 0 aromatic carbocycles. The van der Waals surface area contributed by atoms with Crippen LogP contribution in [0.15, 0.2) is 0 Å². The molecule has 1 radical (unpaired) electrons. The zero-order chi connectivity index (χ0) is 5.82. The molecule has 1 heterocycles. The predicted molar refractivity (Wildman–Crippen MR) is 30.7 cm³/mol. The number of nitrogens with zero attached hydrogens (tertiary/aromatic N) is 1. The van der Waals surface area contributed by atoms with Crippen molar-refractivity contribution in [3.63, 3.8) is 0 Å². The van der Waals surface area contributed by atoms with Gasteiger partial charge in [0.2, 0.25) is 0 Å². The predicted octanol–water partition coefficient (Wildman–Crippen LogP) is -1.05. The topological polar surface area (TPSA) is 49.4 Å². The minimum Gasteiger partial charge on any atom is -0.374 e. The summed E-state index contributed by atoms with van der Waals surface area (Å²) in [5, 5.41) is 4.12. The summed E-state index contributed by atoms with van der Waals surface area (Å²) in [5.74, 6) is 0. The molecule has 1 atom stereocenters. The van der Waals surface area contributed by atoms with Gasteiger partial charge in [-0.2, -0.15) is 0 Å². The molecule has 1 aliphatic heterocycles. The number of hydrogen-bond donors (Lipinski definition) is 1. The average molecular weight is 115 g/mol. The minimum absolute atomic E-state index is 0.198. The summed E-state index contributed by atoms with van der Waals surface area (Å²) < 4.78 is 5.21. The highest BCUT2D eigenvalue weighted by Gasteiger charge is 2.10. The molecule has 0 aromatic rings. The monoisotopic (exact) mass is 115 g/mol. The molecule has 0 bridgehead atoms. The first kappa shape index (κ1) is 6.01. The van der Waals surface area contributed by atoms with Crippen molar-refractivity contribution in [1.82, 2.24) is 5.32 Å². The first-order valence-electron chi connectivity index (χ1n) is 2.88. The molecular weight excluding hydrogens is 104 g/mol. The van der Waals surface area contributed by atoms with Crippen molar-refractivity contribution in [2.45, 2.75) is 6.10 Å². The Bertz CT molecular complexity index is 61.4. The maximum atomic E-state index is 5.32. The Hall–Kier alpha value is -0.120. The first-order valence-corrected chi connectivity index (χ1v) is 2.88. The van der Waals surface area contributed by atoms with Crippen LogP contribution in [-0.4, -0.2) is 32.3 Å². The van der Waals surface area contributed by atoms with Crippen LogP contribution in [0.1, 0.15) is 0 Å². The molecule has 3 nitrogen and oxygen atoms in total. The maximum Gasteiger partial charge on any atom is 0.0838 e. The van der Waals surface area contributed by atoms with E-state index in [1.807, 2.05) is 0 Å². The highest BCUT2D eigenvalue weighted by molar-refractivity contribution is 4.65. The molecule has 47 valence electrons. The lowest BCUT2D eigenvalue weighted by atomic mass is 10.3. The largest absolute Gasteiger partial charge is 0.374 e. The Labute approximate surface area is 49.2 Å². The van der Waals surface area contributed by atoms with Gasteiger partial charge in [0.1, 0.15) is 0 Å². The van der Waals surface area contributed by atoms with Crippen LogP contribution in [0.3, 0.4) is 0 Å². The zero-order valence-electron chi connectivity index (χ0n) is 4.84. The molecule has 1 unspecified atom stereocenters. The number of nitrogens with two attached hydrogens (primary N) is 1. The van der Waals surface area contributed by atoms with Gasteiger partial charge in [-0.25, -0.2) is 5.32 Å². The number of hydrogen-bond acceptors (Lipinski definition) is 2. The summed E-state index contributed by atoms with van der Waals surface area (Å²) in [6, 6.07) is 0. The van der Waals surface area contributed by atoms with Crippen LogP contribution in [0.2, 0.25) is 0 Å². The van der Waals surface area contributed by atoms with E-state index >= 15 is 0 Å². The van der Waals surface area contributed by atoms with Gasteiger partial charge in [0.15, 0.2) is 0 Å². The van der Waals surface area contributed by atoms with E-state index in [-0.39, 0.29) is 6.10 Å². The number of morpholine rings is 1. The Morgan fingerprint density at radius 3 is 3.00 bits per heavy atom. The van der Waals surface area contributed by atoms with Crippen molar-refractivity contribution in [2.75, 3.05) is 26.2 Å². The summed E-state index contributed by atoms with van der Waals surface area (Å²) in [6.07, 6.45) is 0.198. The van der Waals surface area contributed by atoms with Crippen molar-refractivity contribution in [1.29, 1.82) is 0 Å². The van der Waals surface area contributed by atoms with E-state index in [0.717, 1.165) is 19.7 Å². The molecule has 1 saturated heterocycles. The minimum atomic E-state index is 0.198. The molecule has 0 saturated carbocycles. The summed E-state index contributed by atoms with van der Waals surface area (Å²) in [6.45, 7) is 2.98. The molecule has 1 fully saturated rings. The standard InChI is InChI=1S/C5H11N2O/c6-3-5-4-7-1-2-8-5/h5H,1-4,6H2. The Morgan fingerprint density at radius 2 is 2.62 bits per heavy atom. The van der Waals surface area contributed by atoms with Crippen LogP contribution in [0.4, 0.5) is 0 Å². The van der Waals surface area contributed by atoms with Crippen LogP contribution in [-0.2, 0) is 4.74 Å². The normalized spacial score (nSPS) is 30.4. The van der Waals surface area contributed by atoms with Gasteiger partial charge in [0.25, 0.3) is 0 Å². The van der Waals surface area contributed by atoms with E-state index in [1.54, 1.807) is 0 Å². The lowest BCUT2D eigenvalue weighted by Crippen LogP contribution is -2.38. The van der Waals surface area contributed by atoms with Gasteiger partial charge in [-0.3, -0.25) is 0 Å². The van der Waals surface area contributed by atoms with Gasteiger partial charge >= 0.3 is 0 Å². The Balaban J connectivity index is 2.13. The molecule has 2 N–H and O–H groups in total. The van der Waals surface area contributed by atoms with Gasteiger partial charge < -0.3 is 10.5 Å². The highest BCUT2D eigenvalue weighted by Crippen LogP contribution is 1.92. The van der Waals surface area contributed by atoms with E-state index in [4.69, 9.17) is 10.5 Å². The van der Waals surface area contributed by atoms with E-state index in [2.05, 4.69) is 5.32 Å². The van der Waals surface area contributed by atoms with Gasteiger partial charge in [-0.1, -0.05) is 0 Å². The molecule has 0 spiro atoms. The second kappa shape index (κ2) is 3.02. The summed E-state index contributed by atoms with van der Waals surface area (Å²) in [5.41, 5.74) is 5.32. The van der Waals surface area contributed by atoms with Crippen molar-refractivity contribution in [3.05, 3.63) is 0 Å². The zero-order valence-corrected chi connectivity index (χ0v) is 4.84. The van der Waals surface area contributed by atoms with Crippen molar-refractivity contribution in [2.24, 2.45) is 5.73 Å². The van der Waals surface area contributed by atoms with Crippen molar-refractivity contribution in [3.8, 4) is 0 Å². The Morgan fingerprint density at radius 1 is 1.75 bits per heavy atom. The van der Waals surface area contributed by atoms with Gasteiger partial charge in [0.05, 0.1) is 12.7 Å². The molecular formula is C5H11N2O. The second-order valence-electron chi connectivity index (χ2n) is 1.86. The first-order chi connectivity index (χ1) is 3.93. The quantitative estimate of drug-likeness (QED) is 0.474. The molecule has 1 rings (SSSR count). The third-order valence-corrected chi connectivity index (χ3v) is 1.20.